The molecule has 1 fully saturated rings. The average Bonchev–Trinajstić information content (AvgIpc) is 2.94. The van der Waals surface area contributed by atoms with Crippen LogP contribution in [0.4, 0.5) is 4.79 Å². The van der Waals surface area contributed by atoms with E-state index in [1.54, 1.807) is 12.1 Å². The third kappa shape index (κ3) is 11.2. The van der Waals surface area contributed by atoms with Crippen molar-refractivity contribution in [2.24, 2.45) is 0 Å². The fourth-order valence-electron chi connectivity index (χ4n) is 4.71. The Morgan fingerprint density at radius 2 is 1.67 bits per heavy atom. The summed E-state index contributed by atoms with van der Waals surface area (Å²) in [4.78, 5) is 28.7. The predicted molar refractivity (Wildman–Crippen MR) is 172 cm³/mol. The van der Waals surface area contributed by atoms with Gasteiger partial charge in [0.1, 0.15) is 11.4 Å². The Balaban J connectivity index is 0.00000121. The van der Waals surface area contributed by atoms with Crippen LogP contribution in [0.3, 0.4) is 0 Å². The van der Waals surface area contributed by atoms with Crippen molar-refractivity contribution < 1.29 is 29.6 Å². The van der Waals surface area contributed by atoms with Gasteiger partial charge in [0.2, 0.25) is 0 Å². The Morgan fingerprint density at radius 3 is 2.33 bits per heavy atom. The van der Waals surface area contributed by atoms with E-state index in [2.05, 4.69) is 10.2 Å². The number of hydrogen-bond acceptors (Lipinski definition) is 6. The van der Waals surface area contributed by atoms with Crippen LogP contribution in [0.1, 0.15) is 48.2 Å². The first-order valence-corrected chi connectivity index (χ1v) is 14.5. The van der Waals surface area contributed by atoms with Crippen LogP contribution in [0.15, 0.2) is 48.5 Å². The topological polar surface area (TPSA) is 132 Å². The van der Waals surface area contributed by atoms with Gasteiger partial charge in [-0.1, -0.05) is 35.3 Å². The molecule has 4 N–H and O–H groups in total. The van der Waals surface area contributed by atoms with Gasteiger partial charge in [0, 0.05) is 28.7 Å². The number of nitrogens with one attached hydrogen (secondary N) is 1. The van der Waals surface area contributed by atoms with E-state index in [-0.39, 0.29) is 30.5 Å². The number of aliphatic hydroxyl groups excluding tert-OH is 1. The molecule has 0 atom stereocenters. The molecule has 0 aliphatic heterocycles. The molecule has 1 saturated carbocycles. The normalized spacial score (nSPS) is 16.0. The maximum atomic E-state index is 13.2. The van der Waals surface area contributed by atoms with Gasteiger partial charge in [0.15, 0.2) is 0 Å². The lowest BCUT2D eigenvalue weighted by Gasteiger charge is -2.26. The number of aromatic nitrogens is 1. The van der Waals surface area contributed by atoms with Crippen LogP contribution in [-0.4, -0.2) is 76.7 Å². The summed E-state index contributed by atoms with van der Waals surface area (Å²) in [6.07, 6.45) is 1.65. The molecule has 0 saturated heterocycles. The lowest BCUT2D eigenvalue weighted by molar-refractivity contribution is 0.0863. The molecule has 4 rings (SSSR count). The van der Waals surface area contributed by atoms with Crippen molar-refractivity contribution in [1.29, 1.82) is 0 Å². The second-order valence-corrected chi connectivity index (χ2v) is 11.3. The number of carbonyl (C=O) groups excluding carboxylic acids is 1. The first kappa shape index (κ1) is 36.1. The van der Waals surface area contributed by atoms with Crippen LogP contribution in [0.25, 0.3) is 22.4 Å². The van der Waals surface area contributed by atoms with E-state index in [0.717, 1.165) is 48.1 Å². The largest absolute Gasteiger partial charge is 0.503 e. The number of rotatable bonds is 9. The molecule has 1 aliphatic rings. The highest BCUT2D eigenvalue weighted by Gasteiger charge is 2.23. The molecule has 1 aromatic heterocycles. The van der Waals surface area contributed by atoms with Crippen molar-refractivity contribution in [2.75, 3.05) is 27.2 Å². The number of hydrogen-bond donors (Lipinski definition) is 4. The minimum Gasteiger partial charge on any atom is -0.492 e. The Kier molecular flexibility index (Phi) is 14.5. The molecule has 234 valence electrons. The molecule has 12 heteroatoms. The molecule has 0 radical (unpaired) electrons. The van der Waals surface area contributed by atoms with Crippen molar-refractivity contribution in [1.82, 2.24) is 15.2 Å². The number of carboxylic acid groups (broad SMARTS) is 2. The molecular formula is C31H38Cl3N3O6. The number of benzene rings is 2. The maximum Gasteiger partial charge on any atom is 0.503 e. The number of aryl methyl sites for hydroxylation is 1. The summed E-state index contributed by atoms with van der Waals surface area (Å²) >= 11 is 12.8. The number of carbonyl (C=O) groups is 2. The first-order valence-electron chi connectivity index (χ1n) is 13.7. The highest BCUT2D eigenvalue weighted by molar-refractivity contribution is 6.32. The zero-order chi connectivity index (χ0) is 30.8. The summed E-state index contributed by atoms with van der Waals surface area (Å²) in [5.74, 6) is 0.352. The number of halogens is 3. The van der Waals surface area contributed by atoms with E-state index in [1.165, 1.54) is 0 Å². The number of aliphatic hydroxyl groups is 1. The predicted octanol–water partition coefficient (Wildman–Crippen LogP) is 7.04. The summed E-state index contributed by atoms with van der Waals surface area (Å²) in [6.45, 7) is 3.47. The van der Waals surface area contributed by atoms with Crippen molar-refractivity contribution >= 4 is 47.7 Å². The van der Waals surface area contributed by atoms with Crippen LogP contribution in [0.2, 0.25) is 10.0 Å². The van der Waals surface area contributed by atoms with Gasteiger partial charge in [-0.3, -0.25) is 4.79 Å². The van der Waals surface area contributed by atoms with Crippen molar-refractivity contribution in [3.8, 4) is 28.1 Å². The van der Waals surface area contributed by atoms with E-state index in [1.807, 2.05) is 57.4 Å². The third-order valence-corrected chi connectivity index (χ3v) is 7.41. The van der Waals surface area contributed by atoms with E-state index in [4.69, 9.17) is 47.9 Å². The van der Waals surface area contributed by atoms with Gasteiger partial charge in [0.25, 0.3) is 5.91 Å². The van der Waals surface area contributed by atoms with Crippen molar-refractivity contribution in [2.45, 2.75) is 51.2 Å². The molecule has 43 heavy (non-hydrogen) atoms. The van der Waals surface area contributed by atoms with Crippen LogP contribution < -0.4 is 10.1 Å². The summed E-state index contributed by atoms with van der Waals surface area (Å²) < 4.78 is 6.02. The molecule has 1 amide bonds. The zero-order valence-electron chi connectivity index (χ0n) is 24.3. The van der Waals surface area contributed by atoms with E-state index in [9.17, 15) is 9.90 Å². The summed E-state index contributed by atoms with van der Waals surface area (Å²) in [6, 6.07) is 15.0. The second-order valence-electron chi connectivity index (χ2n) is 10.5. The van der Waals surface area contributed by atoms with Gasteiger partial charge in [-0.05, 0) is 101 Å². The molecule has 9 nitrogen and oxygen atoms in total. The summed E-state index contributed by atoms with van der Waals surface area (Å²) in [5, 5.41) is 28.0. The van der Waals surface area contributed by atoms with Gasteiger partial charge in [-0.15, -0.1) is 12.4 Å². The standard InChI is InChI=1S/C30H35Cl2N3O3.CH2O3.ClH/c1-19-5-7-21(31)18-25(19)24-12-14-27(30(37)33-22-8-10-23(36)11-9-22)34-29(24)20-6-13-26(32)28(17-20)38-16-4-15-35(2)3;2-1(3)4;/h5-7,12-14,17-18,22-23,36H,4,8-11,15-16H2,1-3H3,(H,33,37);(H2,2,3,4);1H. The highest BCUT2D eigenvalue weighted by Crippen LogP contribution is 2.37. The van der Waals surface area contributed by atoms with Gasteiger partial charge < -0.3 is 30.3 Å². The quantitative estimate of drug-likeness (QED) is 0.181. The van der Waals surface area contributed by atoms with Crippen LogP contribution in [0, 0.1) is 6.92 Å². The first-order chi connectivity index (χ1) is 19.9. The van der Waals surface area contributed by atoms with Crippen LogP contribution >= 0.6 is 35.6 Å². The maximum absolute atomic E-state index is 13.2. The van der Waals surface area contributed by atoms with E-state index < -0.39 is 6.16 Å². The number of ether oxygens (including phenoxy) is 1. The molecule has 2 aromatic carbocycles. The monoisotopic (exact) mass is 653 g/mol. The lowest BCUT2D eigenvalue weighted by atomic mass is 9.93. The number of amides is 1. The fraction of sp³-hybridized carbons (Fsp3) is 0.387. The van der Waals surface area contributed by atoms with Crippen LogP contribution in [0.5, 0.6) is 5.75 Å². The Hall–Kier alpha value is -3.08. The second kappa shape index (κ2) is 17.3. The fourth-order valence-corrected chi connectivity index (χ4v) is 5.06. The van der Waals surface area contributed by atoms with Gasteiger partial charge in [-0.25, -0.2) is 9.78 Å². The number of pyridine rings is 1. The lowest BCUT2D eigenvalue weighted by Crippen LogP contribution is -2.38. The molecule has 1 heterocycles. The molecule has 0 spiro atoms. The summed E-state index contributed by atoms with van der Waals surface area (Å²) in [5.41, 5.74) is 4.63. The molecule has 1 aliphatic carbocycles. The minimum atomic E-state index is -1.83. The van der Waals surface area contributed by atoms with Crippen molar-refractivity contribution in [3.05, 3.63) is 69.8 Å². The van der Waals surface area contributed by atoms with Gasteiger partial charge in [0.05, 0.1) is 23.4 Å². The minimum absolute atomic E-state index is 0. The Labute approximate surface area is 268 Å². The molecular weight excluding hydrogens is 617 g/mol. The number of nitrogens with zero attached hydrogens (tertiary/aromatic N) is 2. The summed E-state index contributed by atoms with van der Waals surface area (Å²) in [7, 11) is 4.05. The smallest absolute Gasteiger partial charge is 0.492 e. The molecule has 0 bridgehead atoms. The molecule has 3 aromatic rings. The Morgan fingerprint density at radius 1 is 1.00 bits per heavy atom. The van der Waals surface area contributed by atoms with Crippen molar-refractivity contribution in [3.63, 3.8) is 0 Å². The van der Waals surface area contributed by atoms with Gasteiger partial charge >= 0.3 is 6.16 Å². The van der Waals surface area contributed by atoms with E-state index in [0.29, 0.717) is 46.6 Å². The Bertz CT molecular complexity index is 1380. The SMILES string of the molecule is Cc1ccc(Cl)cc1-c1ccc(C(=O)NC2CCC(O)CC2)nc1-c1ccc(Cl)c(OCCCN(C)C)c1.Cl.O=C(O)O. The highest BCUT2D eigenvalue weighted by atomic mass is 35.5. The van der Waals surface area contributed by atoms with E-state index >= 15 is 0 Å². The molecule has 0 unspecified atom stereocenters. The van der Waals surface area contributed by atoms with Gasteiger partial charge in [-0.2, -0.15) is 0 Å². The average molecular weight is 655 g/mol. The van der Waals surface area contributed by atoms with Crippen LogP contribution in [-0.2, 0) is 0 Å². The zero-order valence-corrected chi connectivity index (χ0v) is 26.7. The third-order valence-electron chi connectivity index (χ3n) is 6.86.